The maximum atomic E-state index is 11.9. The van der Waals surface area contributed by atoms with E-state index < -0.39 is 0 Å². The summed E-state index contributed by atoms with van der Waals surface area (Å²) in [7, 11) is 0. The molecule has 0 heterocycles. The summed E-state index contributed by atoms with van der Waals surface area (Å²) >= 11 is 0. The SMILES string of the molecule is C[C@H]1CCCC[C@H]1NC(=O)COc1cccc(C#N)c1. The summed E-state index contributed by atoms with van der Waals surface area (Å²) in [4.78, 5) is 11.9. The first-order chi connectivity index (χ1) is 9.69. The number of hydrogen-bond donors (Lipinski definition) is 1. The molecule has 4 heteroatoms. The van der Waals surface area contributed by atoms with Gasteiger partial charge in [0, 0.05) is 6.04 Å². The molecule has 0 saturated heterocycles. The number of rotatable bonds is 4. The van der Waals surface area contributed by atoms with Gasteiger partial charge in [-0.2, -0.15) is 5.26 Å². The van der Waals surface area contributed by atoms with Crippen LogP contribution in [0.4, 0.5) is 0 Å². The highest BCUT2D eigenvalue weighted by Crippen LogP contribution is 2.23. The molecule has 0 aromatic heterocycles. The molecule has 1 aromatic rings. The summed E-state index contributed by atoms with van der Waals surface area (Å²) in [5.74, 6) is 0.997. The van der Waals surface area contributed by atoms with Gasteiger partial charge in [0.15, 0.2) is 6.61 Å². The molecular weight excluding hydrogens is 252 g/mol. The summed E-state index contributed by atoms with van der Waals surface area (Å²) in [6, 6.07) is 9.15. The molecule has 2 rings (SSSR count). The molecule has 20 heavy (non-hydrogen) atoms. The van der Waals surface area contributed by atoms with E-state index in [1.807, 2.05) is 6.07 Å². The van der Waals surface area contributed by atoms with Crippen LogP contribution in [0.1, 0.15) is 38.2 Å². The number of nitrogens with zero attached hydrogens (tertiary/aromatic N) is 1. The van der Waals surface area contributed by atoms with Crippen LogP contribution in [0.2, 0.25) is 0 Å². The Morgan fingerprint density at radius 1 is 1.45 bits per heavy atom. The predicted molar refractivity (Wildman–Crippen MR) is 76.2 cm³/mol. The lowest BCUT2D eigenvalue weighted by atomic mass is 9.86. The highest BCUT2D eigenvalue weighted by atomic mass is 16.5. The van der Waals surface area contributed by atoms with Crippen molar-refractivity contribution in [2.24, 2.45) is 5.92 Å². The Morgan fingerprint density at radius 3 is 3.00 bits per heavy atom. The summed E-state index contributed by atoms with van der Waals surface area (Å²) in [5, 5.41) is 11.8. The minimum atomic E-state index is -0.0916. The third kappa shape index (κ3) is 3.99. The summed E-state index contributed by atoms with van der Waals surface area (Å²) in [6.07, 6.45) is 4.66. The van der Waals surface area contributed by atoms with Gasteiger partial charge in [0.1, 0.15) is 5.75 Å². The molecule has 106 valence electrons. The smallest absolute Gasteiger partial charge is 0.258 e. The van der Waals surface area contributed by atoms with Crippen LogP contribution in [0.5, 0.6) is 5.75 Å². The average Bonchev–Trinajstić information content (AvgIpc) is 2.48. The number of ether oxygens (including phenoxy) is 1. The lowest BCUT2D eigenvalue weighted by molar-refractivity contribution is -0.124. The van der Waals surface area contributed by atoms with Gasteiger partial charge in [-0.1, -0.05) is 25.8 Å². The molecular formula is C16H20N2O2. The van der Waals surface area contributed by atoms with Crippen LogP contribution in [0, 0.1) is 17.2 Å². The number of amides is 1. The van der Waals surface area contributed by atoms with Crippen molar-refractivity contribution in [1.82, 2.24) is 5.32 Å². The topological polar surface area (TPSA) is 62.1 Å². The van der Waals surface area contributed by atoms with Crippen LogP contribution in [-0.4, -0.2) is 18.6 Å². The third-order valence-corrected chi connectivity index (χ3v) is 3.79. The molecule has 1 aliphatic carbocycles. The Labute approximate surface area is 119 Å². The highest BCUT2D eigenvalue weighted by Gasteiger charge is 2.22. The lowest BCUT2D eigenvalue weighted by Crippen LogP contribution is -2.43. The van der Waals surface area contributed by atoms with Crippen molar-refractivity contribution in [1.29, 1.82) is 5.26 Å². The Bertz CT molecular complexity index is 507. The van der Waals surface area contributed by atoms with Crippen molar-refractivity contribution in [3.63, 3.8) is 0 Å². The zero-order chi connectivity index (χ0) is 14.4. The second-order valence-corrected chi connectivity index (χ2v) is 5.36. The van der Waals surface area contributed by atoms with Gasteiger partial charge in [0.05, 0.1) is 11.6 Å². The van der Waals surface area contributed by atoms with E-state index in [0.29, 0.717) is 17.2 Å². The number of hydrogen-bond acceptors (Lipinski definition) is 3. The Balaban J connectivity index is 1.81. The molecule has 1 aliphatic rings. The molecule has 4 nitrogen and oxygen atoms in total. The van der Waals surface area contributed by atoms with E-state index in [2.05, 4.69) is 12.2 Å². The minimum Gasteiger partial charge on any atom is -0.484 e. The number of benzene rings is 1. The van der Waals surface area contributed by atoms with Crippen molar-refractivity contribution in [3.8, 4) is 11.8 Å². The largest absolute Gasteiger partial charge is 0.484 e. The van der Waals surface area contributed by atoms with E-state index in [4.69, 9.17) is 10.00 Å². The molecule has 0 unspecified atom stereocenters. The summed E-state index contributed by atoms with van der Waals surface area (Å²) < 4.78 is 5.42. The van der Waals surface area contributed by atoms with E-state index in [-0.39, 0.29) is 18.6 Å². The van der Waals surface area contributed by atoms with Gasteiger partial charge in [0.25, 0.3) is 5.91 Å². The zero-order valence-electron chi connectivity index (χ0n) is 11.8. The Kier molecular flexibility index (Phi) is 5.00. The van der Waals surface area contributed by atoms with Crippen LogP contribution >= 0.6 is 0 Å². The van der Waals surface area contributed by atoms with Gasteiger partial charge < -0.3 is 10.1 Å². The first-order valence-electron chi connectivity index (χ1n) is 7.11. The van der Waals surface area contributed by atoms with Crippen molar-refractivity contribution in [2.45, 2.75) is 38.6 Å². The van der Waals surface area contributed by atoms with Crippen molar-refractivity contribution in [3.05, 3.63) is 29.8 Å². The normalized spacial score (nSPS) is 21.8. The van der Waals surface area contributed by atoms with Gasteiger partial charge in [0.2, 0.25) is 0 Å². The minimum absolute atomic E-state index is 0.00188. The standard InChI is InChI=1S/C16H20N2O2/c1-12-5-2-3-8-15(12)18-16(19)11-20-14-7-4-6-13(9-14)10-17/h4,6-7,9,12,15H,2-3,5,8,11H2,1H3,(H,18,19)/t12-,15+/m0/s1. The molecule has 0 bridgehead atoms. The molecule has 1 aromatic carbocycles. The van der Waals surface area contributed by atoms with Crippen LogP contribution in [0.3, 0.4) is 0 Å². The number of carbonyl (C=O) groups is 1. The molecule has 2 atom stereocenters. The fourth-order valence-corrected chi connectivity index (χ4v) is 2.58. The Morgan fingerprint density at radius 2 is 2.25 bits per heavy atom. The van der Waals surface area contributed by atoms with Crippen molar-refractivity contribution in [2.75, 3.05) is 6.61 Å². The van der Waals surface area contributed by atoms with Gasteiger partial charge in [-0.05, 0) is 37.0 Å². The molecule has 1 N–H and O–H groups in total. The maximum Gasteiger partial charge on any atom is 0.258 e. The van der Waals surface area contributed by atoms with Gasteiger partial charge in [-0.25, -0.2) is 0 Å². The van der Waals surface area contributed by atoms with Crippen LogP contribution in [0.15, 0.2) is 24.3 Å². The average molecular weight is 272 g/mol. The van der Waals surface area contributed by atoms with Crippen LogP contribution < -0.4 is 10.1 Å². The zero-order valence-corrected chi connectivity index (χ0v) is 11.8. The number of nitrogens with one attached hydrogen (secondary N) is 1. The third-order valence-electron chi connectivity index (χ3n) is 3.79. The van der Waals surface area contributed by atoms with E-state index in [1.54, 1.807) is 24.3 Å². The molecule has 1 saturated carbocycles. The van der Waals surface area contributed by atoms with Crippen molar-refractivity contribution >= 4 is 5.91 Å². The second kappa shape index (κ2) is 6.95. The van der Waals surface area contributed by atoms with E-state index in [9.17, 15) is 4.79 Å². The quantitative estimate of drug-likeness (QED) is 0.916. The predicted octanol–water partition coefficient (Wildman–Crippen LogP) is 2.63. The van der Waals surface area contributed by atoms with E-state index in [0.717, 1.165) is 6.42 Å². The molecule has 0 spiro atoms. The van der Waals surface area contributed by atoms with Gasteiger partial charge in [-0.15, -0.1) is 0 Å². The number of nitriles is 1. The lowest BCUT2D eigenvalue weighted by Gasteiger charge is -2.29. The van der Waals surface area contributed by atoms with Gasteiger partial charge in [-0.3, -0.25) is 4.79 Å². The van der Waals surface area contributed by atoms with Crippen LogP contribution in [-0.2, 0) is 4.79 Å². The monoisotopic (exact) mass is 272 g/mol. The molecule has 1 amide bonds. The Hall–Kier alpha value is -2.02. The van der Waals surface area contributed by atoms with E-state index >= 15 is 0 Å². The summed E-state index contributed by atoms with van der Waals surface area (Å²) in [5.41, 5.74) is 0.531. The molecule has 0 aliphatic heterocycles. The fraction of sp³-hybridized carbons (Fsp3) is 0.500. The van der Waals surface area contributed by atoms with Crippen LogP contribution in [0.25, 0.3) is 0 Å². The highest BCUT2D eigenvalue weighted by molar-refractivity contribution is 5.77. The first-order valence-corrected chi connectivity index (χ1v) is 7.11. The molecule has 1 fully saturated rings. The number of carbonyl (C=O) groups excluding carboxylic acids is 1. The molecule has 0 radical (unpaired) electrons. The van der Waals surface area contributed by atoms with E-state index in [1.165, 1.54) is 19.3 Å². The fourth-order valence-electron chi connectivity index (χ4n) is 2.58. The van der Waals surface area contributed by atoms with Gasteiger partial charge >= 0.3 is 0 Å². The first kappa shape index (κ1) is 14.4. The van der Waals surface area contributed by atoms with Crippen molar-refractivity contribution < 1.29 is 9.53 Å². The summed E-state index contributed by atoms with van der Waals surface area (Å²) in [6.45, 7) is 2.18. The second-order valence-electron chi connectivity index (χ2n) is 5.36. The maximum absolute atomic E-state index is 11.9.